The molecule has 0 bridgehead atoms. The normalized spacial score (nSPS) is 11.7. The molecule has 0 spiro atoms. The molecule has 4 nitrogen and oxygen atoms in total. The number of unbranched alkanes of at least 4 members (excludes halogenated alkanes) is 9. The van der Waals surface area contributed by atoms with Crippen LogP contribution in [0.1, 0.15) is 76.7 Å². The van der Waals surface area contributed by atoms with Crippen molar-refractivity contribution in [3.05, 3.63) is 23.8 Å². The minimum atomic E-state index is -4.28. The zero-order valence-corrected chi connectivity index (χ0v) is 14.9. The van der Waals surface area contributed by atoms with Gasteiger partial charge in [-0.3, -0.25) is 4.55 Å². The lowest BCUT2D eigenvalue weighted by atomic mass is 10.0. The summed E-state index contributed by atoms with van der Waals surface area (Å²) in [6.45, 7) is 2.22. The molecule has 0 amide bonds. The highest BCUT2D eigenvalue weighted by molar-refractivity contribution is 7.85. The van der Waals surface area contributed by atoms with Gasteiger partial charge in [-0.1, -0.05) is 70.8 Å². The SMILES string of the molecule is CCCCCCCCCCCCc1c(O)cccc1S(=O)(=O)O. The van der Waals surface area contributed by atoms with Crippen LogP contribution in [-0.2, 0) is 16.5 Å². The molecular formula is C18H30O4S. The molecule has 0 saturated heterocycles. The standard InChI is InChI=1S/C18H30O4S/c1-2-3-4-5-6-7-8-9-10-11-13-16-17(19)14-12-15-18(16)23(20,21)22/h12,14-15,19H,2-11,13H2,1H3,(H,20,21,22). The van der Waals surface area contributed by atoms with Crippen molar-refractivity contribution in [3.63, 3.8) is 0 Å². The Morgan fingerprint density at radius 2 is 1.39 bits per heavy atom. The third kappa shape index (κ3) is 7.84. The van der Waals surface area contributed by atoms with Gasteiger partial charge in [0.2, 0.25) is 0 Å². The zero-order chi connectivity index (χ0) is 17.1. The molecule has 0 fully saturated rings. The van der Waals surface area contributed by atoms with E-state index in [-0.39, 0.29) is 10.6 Å². The van der Waals surface area contributed by atoms with Crippen LogP contribution in [0.2, 0.25) is 0 Å². The molecule has 0 atom stereocenters. The number of hydrogen-bond acceptors (Lipinski definition) is 3. The quantitative estimate of drug-likeness (QED) is 0.409. The van der Waals surface area contributed by atoms with Crippen molar-refractivity contribution in [2.45, 2.75) is 82.4 Å². The Hall–Kier alpha value is -1.07. The summed E-state index contributed by atoms with van der Waals surface area (Å²) in [5.41, 5.74) is 0.328. The van der Waals surface area contributed by atoms with Crippen LogP contribution in [0.25, 0.3) is 0 Å². The van der Waals surface area contributed by atoms with Gasteiger partial charge in [0.05, 0.1) is 0 Å². The number of phenols is 1. The highest BCUT2D eigenvalue weighted by Crippen LogP contribution is 2.26. The lowest BCUT2D eigenvalue weighted by Gasteiger charge is -2.09. The van der Waals surface area contributed by atoms with E-state index >= 15 is 0 Å². The minimum absolute atomic E-state index is 0.0592. The van der Waals surface area contributed by atoms with Crippen molar-refractivity contribution in [2.24, 2.45) is 0 Å². The largest absolute Gasteiger partial charge is 0.508 e. The van der Waals surface area contributed by atoms with Crippen LogP contribution >= 0.6 is 0 Å². The summed E-state index contributed by atoms with van der Waals surface area (Å²) in [6.07, 6.45) is 12.5. The Labute approximate surface area is 140 Å². The van der Waals surface area contributed by atoms with E-state index in [1.807, 2.05) is 0 Å². The van der Waals surface area contributed by atoms with Crippen molar-refractivity contribution >= 4 is 10.1 Å². The maximum absolute atomic E-state index is 11.3. The Morgan fingerprint density at radius 3 is 1.91 bits per heavy atom. The average molecular weight is 343 g/mol. The van der Waals surface area contributed by atoms with Crippen molar-refractivity contribution in [2.75, 3.05) is 0 Å². The van der Waals surface area contributed by atoms with Crippen molar-refractivity contribution < 1.29 is 18.1 Å². The van der Waals surface area contributed by atoms with Gasteiger partial charge in [-0.05, 0) is 25.0 Å². The highest BCUT2D eigenvalue weighted by Gasteiger charge is 2.17. The fraction of sp³-hybridized carbons (Fsp3) is 0.667. The van der Waals surface area contributed by atoms with Crippen molar-refractivity contribution in [1.29, 1.82) is 0 Å². The van der Waals surface area contributed by atoms with Gasteiger partial charge in [-0.25, -0.2) is 0 Å². The van der Waals surface area contributed by atoms with Gasteiger partial charge in [0.15, 0.2) is 0 Å². The average Bonchev–Trinajstić information content (AvgIpc) is 2.49. The van der Waals surface area contributed by atoms with Gasteiger partial charge in [0, 0.05) is 5.56 Å². The second kappa shape index (κ2) is 10.7. The molecule has 132 valence electrons. The van der Waals surface area contributed by atoms with Crippen LogP contribution in [0.3, 0.4) is 0 Å². The molecule has 23 heavy (non-hydrogen) atoms. The van der Waals surface area contributed by atoms with Gasteiger partial charge in [-0.2, -0.15) is 8.42 Å². The molecule has 1 aromatic rings. The molecule has 0 aliphatic rings. The Bertz CT molecular complexity index is 552. The van der Waals surface area contributed by atoms with Gasteiger partial charge in [0.1, 0.15) is 10.6 Å². The topological polar surface area (TPSA) is 74.6 Å². The van der Waals surface area contributed by atoms with Crippen LogP contribution < -0.4 is 0 Å². The molecule has 0 heterocycles. The molecule has 0 aromatic heterocycles. The second-order valence-corrected chi connectivity index (χ2v) is 7.55. The predicted molar refractivity (Wildman–Crippen MR) is 93.5 cm³/mol. The molecular weight excluding hydrogens is 312 g/mol. The van der Waals surface area contributed by atoms with Gasteiger partial charge in [-0.15, -0.1) is 0 Å². The summed E-state index contributed by atoms with van der Waals surface area (Å²) < 4.78 is 31.9. The third-order valence-electron chi connectivity index (χ3n) is 4.17. The minimum Gasteiger partial charge on any atom is -0.508 e. The van der Waals surface area contributed by atoms with Crippen LogP contribution in [0, 0.1) is 0 Å². The Morgan fingerprint density at radius 1 is 0.870 bits per heavy atom. The lowest BCUT2D eigenvalue weighted by Crippen LogP contribution is -2.03. The number of phenolic OH excluding ortho intramolecular Hbond substituents is 1. The van der Waals surface area contributed by atoms with E-state index in [0.29, 0.717) is 12.0 Å². The first-order valence-electron chi connectivity index (χ1n) is 8.75. The van der Waals surface area contributed by atoms with E-state index in [9.17, 15) is 18.1 Å². The lowest BCUT2D eigenvalue weighted by molar-refractivity contribution is 0.455. The third-order valence-corrected chi connectivity index (χ3v) is 5.10. The first-order valence-corrected chi connectivity index (χ1v) is 10.2. The van der Waals surface area contributed by atoms with Crippen molar-refractivity contribution in [1.82, 2.24) is 0 Å². The van der Waals surface area contributed by atoms with Crippen LogP contribution in [-0.4, -0.2) is 18.1 Å². The number of hydrogen-bond donors (Lipinski definition) is 2. The maximum Gasteiger partial charge on any atom is 0.294 e. The van der Waals surface area contributed by atoms with Crippen LogP contribution in [0.4, 0.5) is 0 Å². The molecule has 1 aromatic carbocycles. The molecule has 5 heteroatoms. The summed E-state index contributed by atoms with van der Waals surface area (Å²) in [5.74, 6) is -0.0592. The van der Waals surface area contributed by atoms with E-state index in [4.69, 9.17) is 0 Å². The molecule has 0 saturated carbocycles. The number of rotatable bonds is 12. The summed E-state index contributed by atoms with van der Waals surface area (Å²) >= 11 is 0. The molecule has 2 N–H and O–H groups in total. The second-order valence-electron chi connectivity index (χ2n) is 6.16. The zero-order valence-electron chi connectivity index (χ0n) is 14.1. The van der Waals surface area contributed by atoms with E-state index in [0.717, 1.165) is 19.3 Å². The monoisotopic (exact) mass is 342 g/mol. The van der Waals surface area contributed by atoms with Crippen LogP contribution in [0.15, 0.2) is 23.1 Å². The van der Waals surface area contributed by atoms with E-state index < -0.39 is 10.1 Å². The summed E-state index contributed by atoms with van der Waals surface area (Å²) in [4.78, 5) is -0.173. The highest BCUT2D eigenvalue weighted by atomic mass is 32.2. The van der Waals surface area contributed by atoms with Gasteiger partial charge >= 0.3 is 0 Å². The van der Waals surface area contributed by atoms with Crippen molar-refractivity contribution in [3.8, 4) is 5.75 Å². The first-order chi connectivity index (χ1) is 11.0. The maximum atomic E-state index is 11.3. The fourth-order valence-corrected chi connectivity index (χ4v) is 3.60. The van der Waals surface area contributed by atoms with E-state index in [1.165, 1.54) is 63.1 Å². The summed E-state index contributed by atoms with van der Waals surface area (Å²) in [7, 11) is -4.28. The number of benzene rings is 1. The molecule has 0 aliphatic carbocycles. The Balaban J connectivity index is 2.27. The first kappa shape index (κ1) is 20.0. The molecule has 0 radical (unpaired) electrons. The fourth-order valence-electron chi connectivity index (χ4n) is 2.84. The smallest absolute Gasteiger partial charge is 0.294 e. The summed E-state index contributed by atoms with van der Waals surface area (Å²) in [6, 6.07) is 4.22. The Kier molecular flexibility index (Phi) is 9.26. The van der Waals surface area contributed by atoms with Crippen LogP contribution in [0.5, 0.6) is 5.75 Å². The van der Waals surface area contributed by atoms with E-state index in [1.54, 1.807) is 0 Å². The molecule has 0 aliphatic heterocycles. The molecule has 0 unspecified atom stereocenters. The molecule has 1 rings (SSSR count). The summed E-state index contributed by atoms with van der Waals surface area (Å²) in [5, 5.41) is 9.82. The number of aromatic hydroxyl groups is 1. The van der Waals surface area contributed by atoms with E-state index in [2.05, 4.69) is 6.92 Å². The van der Waals surface area contributed by atoms with Gasteiger partial charge < -0.3 is 5.11 Å². The predicted octanol–water partition coefficient (Wildman–Crippen LogP) is 5.10. The van der Waals surface area contributed by atoms with Gasteiger partial charge in [0.25, 0.3) is 10.1 Å².